The van der Waals surface area contributed by atoms with E-state index in [-0.39, 0.29) is 12.6 Å². The van der Waals surface area contributed by atoms with Gasteiger partial charge in [0, 0.05) is 13.8 Å². The highest BCUT2D eigenvalue weighted by Crippen LogP contribution is 2.35. The van der Waals surface area contributed by atoms with Crippen molar-refractivity contribution >= 4 is 11.9 Å². The molecule has 0 aromatic carbocycles. The molecule has 2 heterocycles. The van der Waals surface area contributed by atoms with Gasteiger partial charge in [-0.3, -0.25) is 9.59 Å². The largest absolute Gasteiger partial charge is 0.433 e. The van der Waals surface area contributed by atoms with Gasteiger partial charge in [0.25, 0.3) is 0 Å². The molecule has 0 radical (unpaired) electrons. The zero-order valence-electron chi connectivity index (χ0n) is 10.7. The third kappa shape index (κ3) is 2.57. The molecule has 19 heavy (non-hydrogen) atoms. The predicted molar refractivity (Wildman–Crippen MR) is 59.6 cm³/mol. The highest BCUT2D eigenvalue weighted by molar-refractivity contribution is 5.74. The molecule has 8 heteroatoms. The Morgan fingerprint density at radius 2 is 2.16 bits per heavy atom. The molecule has 2 rings (SSSR count). The molecule has 108 valence electrons. The molecular formula is C11H17NO7. The molecule has 5 unspecified atom stereocenters. The molecule has 0 aromatic rings. The number of nitrogens with zero attached hydrogens (tertiary/aromatic N) is 1. The molecule has 2 aliphatic heterocycles. The monoisotopic (exact) mass is 275 g/mol. The standard InChI is InChI=1S/C11H17NO7/c1-5(14)12-4-17-10-8(12)11(18-6(2)15)19-9(10)7(16)3-13/h7-11,13,16H,3-4H2,1-2H3. The minimum absolute atomic E-state index is 0.0421. The normalized spacial score (nSPS) is 35.1. The van der Waals surface area contributed by atoms with Crippen LogP contribution >= 0.6 is 0 Å². The first-order chi connectivity index (χ1) is 8.95. The van der Waals surface area contributed by atoms with Crippen LogP contribution in [0.5, 0.6) is 0 Å². The van der Waals surface area contributed by atoms with E-state index in [9.17, 15) is 14.7 Å². The Bertz CT molecular complexity index is 374. The fraction of sp³-hybridized carbons (Fsp3) is 0.818. The van der Waals surface area contributed by atoms with Gasteiger partial charge in [0.15, 0.2) is 0 Å². The minimum Gasteiger partial charge on any atom is -0.433 e. The van der Waals surface area contributed by atoms with Gasteiger partial charge in [-0.25, -0.2) is 0 Å². The molecule has 2 saturated heterocycles. The number of ether oxygens (including phenoxy) is 3. The van der Waals surface area contributed by atoms with E-state index in [4.69, 9.17) is 19.3 Å². The molecule has 2 aliphatic rings. The third-order valence-electron chi connectivity index (χ3n) is 3.25. The highest BCUT2D eigenvalue weighted by Gasteiger charge is 2.56. The van der Waals surface area contributed by atoms with Crippen molar-refractivity contribution in [1.82, 2.24) is 4.90 Å². The number of carbonyl (C=O) groups is 2. The third-order valence-corrected chi connectivity index (χ3v) is 3.25. The summed E-state index contributed by atoms with van der Waals surface area (Å²) in [4.78, 5) is 23.9. The Hall–Kier alpha value is -1.22. The van der Waals surface area contributed by atoms with Crippen LogP contribution in [0.15, 0.2) is 0 Å². The number of esters is 1. The molecule has 0 aliphatic carbocycles. The van der Waals surface area contributed by atoms with Crippen LogP contribution in [0.25, 0.3) is 0 Å². The van der Waals surface area contributed by atoms with E-state index in [1.165, 1.54) is 18.7 Å². The van der Waals surface area contributed by atoms with Crippen molar-refractivity contribution < 1.29 is 34.0 Å². The number of hydrogen-bond acceptors (Lipinski definition) is 7. The molecule has 2 N–H and O–H groups in total. The fourth-order valence-corrected chi connectivity index (χ4v) is 2.41. The van der Waals surface area contributed by atoms with Crippen molar-refractivity contribution in [3.63, 3.8) is 0 Å². The van der Waals surface area contributed by atoms with E-state index in [2.05, 4.69) is 0 Å². The molecule has 0 aromatic heterocycles. The van der Waals surface area contributed by atoms with E-state index >= 15 is 0 Å². The van der Waals surface area contributed by atoms with Crippen LogP contribution < -0.4 is 0 Å². The summed E-state index contributed by atoms with van der Waals surface area (Å²) in [6.45, 7) is 2.12. The molecule has 8 nitrogen and oxygen atoms in total. The van der Waals surface area contributed by atoms with Crippen LogP contribution in [0.4, 0.5) is 0 Å². The van der Waals surface area contributed by atoms with Crippen molar-refractivity contribution in [2.75, 3.05) is 13.3 Å². The average Bonchev–Trinajstić information content (AvgIpc) is 2.89. The second-order valence-electron chi connectivity index (χ2n) is 4.57. The Morgan fingerprint density at radius 1 is 1.47 bits per heavy atom. The number of rotatable bonds is 3. The van der Waals surface area contributed by atoms with E-state index in [1.54, 1.807) is 0 Å². The maximum atomic E-state index is 11.5. The summed E-state index contributed by atoms with van der Waals surface area (Å²) in [6, 6.07) is -0.604. The van der Waals surface area contributed by atoms with Gasteiger partial charge in [-0.15, -0.1) is 0 Å². The molecule has 2 fully saturated rings. The van der Waals surface area contributed by atoms with Crippen LogP contribution in [0.3, 0.4) is 0 Å². The zero-order chi connectivity index (χ0) is 14.2. The average molecular weight is 275 g/mol. The van der Waals surface area contributed by atoms with Gasteiger partial charge in [0.1, 0.15) is 31.1 Å². The number of amides is 1. The van der Waals surface area contributed by atoms with Crippen LogP contribution in [0, 0.1) is 0 Å². The lowest BCUT2D eigenvalue weighted by Crippen LogP contribution is -2.45. The first kappa shape index (κ1) is 14.2. The Balaban J connectivity index is 2.20. The first-order valence-electron chi connectivity index (χ1n) is 5.96. The molecule has 5 atom stereocenters. The van der Waals surface area contributed by atoms with Crippen molar-refractivity contribution in [2.45, 2.75) is 44.5 Å². The summed E-state index contributed by atoms with van der Waals surface area (Å²) in [5.74, 6) is -0.800. The van der Waals surface area contributed by atoms with Gasteiger partial charge in [0.2, 0.25) is 12.2 Å². The summed E-state index contributed by atoms with van der Waals surface area (Å²) >= 11 is 0. The van der Waals surface area contributed by atoms with E-state index in [0.29, 0.717) is 0 Å². The van der Waals surface area contributed by atoms with E-state index < -0.39 is 43.2 Å². The summed E-state index contributed by atoms with van der Waals surface area (Å²) in [5, 5.41) is 18.7. The lowest BCUT2D eigenvalue weighted by molar-refractivity contribution is -0.195. The number of hydrogen-bond donors (Lipinski definition) is 2. The maximum Gasteiger partial charge on any atom is 0.305 e. The van der Waals surface area contributed by atoms with Crippen molar-refractivity contribution in [3.8, 4) is 0 Å². The van der Waals surface area contributed by atoms with Crippen molar-refractivity contribution in [3.05, 3.63) is 0 Å². The second kappa shape index (κ2) is 5.41. The predicted octanol–water partition coefficient (Wildman–Crippen LogP) is -1.80. The number of aliphatic hydroxyl groups is 2. The highest BCUT2D eigenvalue weighted by atomic mass is 16.7. The second-order valence-corrected chi connectivity index (χ2v) is 4.57. The van der Waals surface area contributed by atoms with Gasteiger partial charge < -0.3 is 29.3 Å². The summed E-state index contributed by atoms with van der Waals surface area (Å²) < 4.78 is 15.8. The number of carbonyl (C=O) groups excluding carboxylic acids is 2. The number of aliphatic hydroxyl groups excluding tert-OH is 2. The molecular weight excluding hydrogens is 258 g/mol. The zero-order valence-corrected chi connectivity index (χ0v) is 10.7. The van der Waals surface area contributed by atoms with Gasteiger partial charge in [-0.1, -0.05) is 0 Å². The van der Waals surface area contributed by atoms with Gasteiger partial charge >= 0.3 is 5.97 Å². The molecule has 0 spiro atoms. The first-order valence-corrected chi connectivity index (χ1v) is 5.96. The topological polar surface area (TPSA) is 106 Å². The van der Waals surface area contributed by atoms with Gasteiger partial charge in [-0.2, -0.15) is 0 Å². The van der Waals surface area contributed by atoms with Crippen LogP contribution in [-0.4, -0.2) is 71.0 Å². The van der Waals surface area contributed by atoms with E-state index in [0.717, 1.165) is 0 Å². The van der Waals surface area contributed by atoms with Crippen LogP contribution in [-0.2, 0) is 23.8 Å². The van der Waals surface area contributed by atoms with Gasteiger partial charge in [-0.05, 0) is 0 Å². The quantitative estimate of drug-likeness (QED) is 0.585. The molecule has 1 amide bonds. The minimum atomic E-state index is -1.17. The Morgan fingerprint density at radius 3 is 2.68 bits per heavy atom. The lowest BCUT2D eigenvalue weighted by atomic mass is 10.0. The number of fused-ring (bicyclic) bond motifs is 1. The Labute approximate surface area is 109 Å². The smallest absolute Gasteiger partial charge is 0.305 e. The lowest BCUT2D eigenvalue weighted by Gasteiger charge is -2.24. The van der Waals surface area contributed by atoms with Crippen LogP contribution in [0.2, 0.25) is 0 Å². The molecule has 0 saturated carbocycles. The summed E-state index contributed by atoms with van der Waals surface area (Å²) in [5.41, 5.74) is 0. The van der Waals surface area contributed by atoms with E-state index in [1.807, 2.05) is 0 Å². The summed E-state index contributed by atoms with van der Waals surface area (Å²) in [6.07, 6.45) is -3.64. The fourth-order valence-electron chi connectivity index (χ4n) is 2.41. The maximum absolute atomic E-state index is 11.5. The SMILES string of the molecule is CC(=O)OC1OC(C(O)CO)C2OCN(C(C)=O)C12. The summed E-state index contributed by atoms with van der Waals surface area (Å²) in [7, 11) is 0. The molecule has 0 bridgehead atoms. The van der Waals surface area contributed by atoms with Crippen molar-refractivity contribution in [2.24, 2.45) is 0 Å². The van der Waals surface area contributed by atoms with Crippen LogP contribution in [0.1, 0.15) is 13.8 Å². The van der Waals surface area contributed by atoms with Gasteiger partial charge in [0.05, 0.1) is 6.61 Å². The Kier molecular flexibility index (Phi) is 4.04. The van der Waals surface area contributed by atoms with Crippen molar-refractivity contribution in [1.29, 1.82) is 0 Å².